The van der Waals surface area contributed by atoms with Crippen LogP contribution in [0, 0.1) is 20.8 Å². The van der Waals surface area contributed by atoms with Crippen LogP contribution in [-0.2, 0) is 6.54 Å². The largest absolute Gasteiger partial charge is 0.310 e. The number of benzene rings is 2. The van der Waals surface area contributed by atoms with E-state index in [2.05, 4.69) is 62.5 Å². The van der Waals surface area contributed by atoms with E-state index in [-0.39, 0.29) is 0 Å². The molecule has 104 valence electrons. The standard InChI is InChI=1S/C19H23N/c1-13-10-15(3)19(11-14(13)2)18-7-5-4-6-16(18)12-20-17-8-9-17/h4-7,10-11,17,20H,8-9,12H2,1-3H3. The zero-order chi connectivity index (χ0) is 14.1. The quantitative estimate of drug-likeness (QED) is 0.856. The highest BCUT2D eigenvalue weighted by atomic mass is 14.9. The zero-order valence-electron chi connectivity index (χ0n) is 12.7. The van der Waals surface area contributed by atoms with Gasteiger partial charge in [-0.15, -0.1) is 0 Å². The summed E-state index contributed by atoms with van der Waals surface area (Å²) in [6.07, 6.45) is 2.68. The molecule has 1 fully saturated rings. The number of hydrogen-bond donors (Lipinski definition) is 1. The summed E-state index contributed by atoms with van der Waals surface area (Å²) >= 11 is 0. The molecule has 0 aromatic heterocycles. The molecule has 1 aliphatic rings. The first kappa shape index (κ1) is 13.4. The van der Waals surface area contributed by atoms with Crippen molar-refractivity contribution in [2.75, 3.05) is 0 Å². The number of nitrogens with one attached hydrogen (secondary N) is 1. The second-order valence-corrected chi connectivity index (χ2v) is 6.06. The minimum atomic E-state index is 0.754. The highest BCUT2D eigenvalue weighted by Gasteiger charge is 2.20. The van der Waals surface area contributed by atoms with Crippen molar-refractivity contribution in [2.24, 2.45) is 0 Å². The fraction of sp³-hybridized carbons (Fsp3) is 0.368. The maximum Gasteiger partial charge on any atom is 0.0214 e. The monoisotopic (exact) mass is 265 g/mol. The second-order valence-electron chi connectivity index (χ2n) is 6.06. The van der Waals surface area contributed by atoms with Gasteiger partial charge in [0.15, 0.2) is 0 Å². The summed E-state index contributed by atoms with van der Waals surface area (Å²) in [5.74, 6) is 0. The molecule has 2 aromatic carbocycles. The summed E-state index contributed by atoms with van der Waals surface area (Å²) in [5, 5.41) is 3.63. The molecule has 1 nitrogen and oxygen atoms in total. The Balaban J connectivity index is 1.98. The molecule has 0 atom stereocenters. The number of aryl methyl sites for hydroxylation is 3. The molecule has 0 bridgehead atoms. The van der Waals surface area contributed by atoms with Crippen molar-refractivity contribution in [1.82, 2.24) is 5.32 Å². The van der Waals surface area contributed by atoms with E-state index in [0.717, 1.165) is 12.6 Å². The van der Waals surface area contributed by atoms with Crippen LogP contribution < -0.4 is 5.32 Å². The van der Waals surface area contributed by atoms with Crippen molar-refractivity contribution < 1.29 is 0 Å². The third kappa shape index (κ3) is 2.78. The Kier molecular flexibility index (Phi) is 3.62. The van der Waals surface area contributed by atoms with Crippen LogP contribution in [0.4, 0.5) is 0 Å². The van der Waals surface area contributed by atoms with E-state index in [0.29, 0.717) is 0 Å². The first-order valence-electron chi connectivity index (χ1n) is 7.54. The van der Waals surface area contributed by atoms with Crippen LogP contribution in [0.25, 0.3) is 11.1 Å². The van der Waals surface area contributed by atoms with Crippen LogP contribution in [0.3, 0.4) is 0 Å². The highest BCUT2D eigenvalue weighted by molar-refractivity contribution is 5.71. The van der Waals surface area contributed by atoms with Crippen LogP contribution in [0.5, 0.6) is 0 Å². The van der Waals surface area contributed by atoms with Gasteiger partial charge in [0.2, 0.25) is 0 Å². The van der Waals surface area contributed by atoms with Gasteiger partial charge in [0.25, 0.3) is 0 Å². The minimum absolute atomic E-state index is 0.754. The molecule has 0 spiro atoms. The van der Waals surface area contributed by atoms with E-state index in [4.69, 9.17) is 0 Å². The van der Waals surface area contributed by atoms with Crippen molar-refractivity contribution >= 4 is 0 Å². The molecule has 0 heterocycles. The SMILES string of the molecule is Cc1cc(C)c(-c2ccccc2CNC2CC2)cc1C. The number of hydrogen-bond acceptors (Lipinski definition) is 1. The van der Waals surface area contributed by atoms with Crippen LogP contribution >= 0.6 is 0 Å². The summed E-state index contributed by atoms with van der Waals surface area (Å²) in [6, 6.07) is 14.2. The summed E-state index contributed by atoms with van der Waals surface area (Å²) in [4.78, 5) is 0. The topological polar surface area (TPSA) is 12.0 Å². The van der Waals surface area contributed by atoms with Crippen molar-refractivity contribution in [3.8, 4) is 11.1 Å². The van der Waals surface area contributed by atoms with E-state index < -0.39 is 0 Å². The summed E-state index contributed by atoms with van der Waals surface area (Å²) in [6.45, 7) is 7.58. The van der Waals surface area contributed by atoms with E-state index >= 15 is 0 Å². The molecule has 1 heteroatoms. The van der Waals surface area contributed by atoms with Crippen LogP contribution in [0.2, 0.25) is 0 Å². The maximum absolute atomic E-state index is 3.63. The first-order chi connectivity index (χ1) is 9.65. The molecule has 20 heavy (non-hydrogen) atoms. The van der Waals surface area contributed by atoms with Crippen LogP contribution in [0.15, 0.2) is 36.4 Å². The Morgan fingerprint density at radius 3 is 2.35 bits per heavy atom. The van der Waals surface area contributed by atoms with E-state index in [1.807, 2.05) is 0 Å². The van der Waals surface area contributed by atoms with Gasteiger partial charge >= 0.3 is 0 Å². The molecule has 0 radical (unpaired) electrons. The molecule has 2 aromatic rings. The predicted molar refractivity (Wildman–Crippen MR) is 86.0 cm³/mol. The van der Waals surface area contributed by atoms with E-state index in [1.54, 1.807) is 0 Å². The van der Waals surface area contributed by atoms with E-state index in [9.17, 15) is 0 Å². The smallest absolute Gasteiger partial charge is 0.0214 e. The van der Waals surface area contributed by atoms with Crippen molar-refractivity contribution in [3.05, 3.63) is 58.7 Å². The third-order valence-electron chi connectivity index (χ3n) is 4.31. The number of rotatable bonds is 4. The molecule has 3 rings (SSSR count). The Morgan fingerprint density at radius 2 is 1.60 bits per heavy atom. The Bertz CT molecular complexity index is 624. The molecule has 1 N–H and O–H groups in total. The van der Waals surface area contributed by atoms with Crippen LogP contribution in [0.1, 0.15) is 35.1 Å². The van der Waals surface area contributed by atoms with Gasteiger partial charge in [-0.1, -0.05) is 36.4 Å². The highest BCUT2D eigenvalue weighted by Crippen LogP contribution is 2.30. The average molecular weight is 265 g/mol. The minimum Gasteiger partial charge on any atom is -0.310 e. The van der Waals surface area contributed by atoms with Crippen LogP contribution in [-0.4, -0.2) is 6.04 Å². The Labute approximate surface area is 122 Å². The van der Waals surface area contributed by atoms with Gasteiger partial charge in [-0.2, -0.15) is 0 Å². The average Bonchev–Trinajstić information content (AvgIpc) is 3.25. The summed E-state index contributed by atoms with van der Waals surface area (Å²) < 4.78 is 0. The molecule has 1 saturated carbocycles. The van der Waals surface area contributed by atoms with Gasteiger partial charge in [-0.25, -0.2) is 0 Å². The van der Waals surface area contributed by atoms with Crippen molar-refractivity contribution in [2.45, 2.75) is 46.2 Å². The van der Waals surface area contributed by atoms with Gasteiger partial charge in [0.1, 0.15) is 0 Å². The van der Waals surface area contributed by atoms with Crippen molar-refractivity contribution in [1.29, 1.82) is 0 Å². The molecule has 0 amide bonds. The predicted octanol–water partition coefficient (Wildman–Crippen LogP) is 4.53. The van der Waals surface area contributed by atoms with Gasteiger partial charge in [-0.05, 0) is 67.0 Å². The summed E-state index contributed by atoms with van der Waals surface area (Å²) in [7, 11) is 0. The van der Waals surface area contributed by atoms with Gasteiger partial charge in [-0.3, -0.25) is 0 Å². The fourth-order valence-corrected chi connectivity index (χ4v) is 2.73. The summed E-state index contributed by atoms with van der Waals surface area (Å²) in [5.41, 5.74) is 8.27. The molecule has 0 unspecified atom stereocenters. The lowest BCUT2D eigenvalue weighted by Gasteiger charge is -2.14. The maximum atomic E-state index is 3.63. The molecular formula is C19H23N. The van der Waals surface area contributed by atoms with E-state index in [1.165, 1.54) is 46.2 Å². The Morgan fingerprint density at radius 1 is 0.900 bits per heavy atom. The van der Waals surface area contributed by atoms with Gasteiger partial charge in [0.05, 0.1) is 0 Å². The molecule has 0 saturated heterocycles. The normalized spacial score (nSPS) is 14.6. The molecule has 1 aliphatic carbocycles. The Hall–Kier alpha value is -1.60. The molecule has 0 aliphatic heterocycles. The van der Waals surface area contributed by atoms with Crippen molar-refractivity contribution in [3.63, 3.8) is 0 Å². The third-order valence-corrected chi connectivity index (χ3v) is 4.31. The molecular weight excluding hydrogens is 242 g/mol. The van der Waals surface area contributed by atoms with Gasteiger partial charge < -0.3 is 5.32 Å². The first-order valence-corrected chi connectivity index (χ1v) is 7.54. The lowest BCUT2D eigenvalue weighted by Crippen LogP contribution is -2.15. The fourth-order valence-electron chi connectivity index (χ4n) is 2.73. The second kappa shape index (κ2) is 5.41. The van der Waals surface area contributed by atoms with Gasteiger partial charge in [0, 0.05) is 12.6 Å². The zero-order valence-corrected chi connectivity index (χ0v) is 12.7. The lowest BCUT2D eigenvalue weighted by atomic mass is 9.92. The lowest BCUT2D eigenvalue weighted by molar-refractivity contribution is 0.689.